The number of hydrogen-bond acceptors (Lipinski definition) is 6. The zero-order valence-corrected chi connectivity index (χ0v) is 14.8. The van der Waals surface area contributed by atoms with Crippen LogP contribution in [0.1, 0.15) is 36.3 Å². The van der Waals surface area contributed by atoms with Gasteiger partial charge in [-0.25, -0.2) is 0 Å². The molecule has 25 heavy (non-hydrogen) atoms. The van der Waals surface area contributed by atoms with Crippen molar-refractivity contribution in [1.29, 1.82) is 0 Å². The van der Waals surface area contributed by atoms with Gasteiger partial charge < -0.3 is 14.5 Å². The molecule has 4 rings (SSSR count). The average molecular weight is 338 g/mol. The van der Waals surface area contributed by atoms with Crippen LogP contribution in [0.25, 0.3) is 10.9 Å². The third-order valence-corrected chi connectivity index (χ3v) is 5.03. The number of rotatable bonds is 3. The van der Waals surface area contributed by atoms with Crippen molar-refractivity contribution in [1.82, 2.24) is 15.1 Å². The van der Waals surface area contributed by atoms with Crippen LogP contribution in [0.4, 0.5) is 5.69 Å². The van der Waals surface area contributed by atoms with E-state index >= 15 is 0 Å². The first-order valence-corrected chi connectivity index (χ1v) is 8.68. The Hall–Kier alpha value is -2.47. The number of benzene rings is 1. The maximum atomic E-state index is 11.0. The molecule has 1 N–H and O–H groups in total. The molecule has 0 unspecified atom stereocenters. The fourth-order valence-corrected chi connectivity index (χ4v) is 3.74. The van der Waals surface area contributed by atoms with Crippen LogP contribution in [-0.2, 0) is 12.0 Å². The summed E-state index contributed by atoms with van der Waals surface area (Å²) >= 11 is 0. The Labute approximate surface area is 146 Å². The zero-order valence-electron chi connectivity index (χ0n) is 14.8. The van der Waals surface area contributed by atoms with Gasteiger partial charge in [0.05, 0.1) is 17.7 Å². The van der Waals surface area contributed by atoms with E-state index < -0.39 is 5.60 Å². The van der Waals surface area contributed by atoms with Crippen molar-refractivity contribution in [3.05, 3.63) is 47.2 Å². The van der Waals surface area contributed by atoms with E-state index in [1.807, 2.05) is 18.2 Å². The highest BCUT2D eigenvalue weighted by atomic mass is 16.5. The summed E-state index contributed by atoms with van der Waals surface area (Å²) in [5.41, 5.74) is 3.30. The molecule has 3 heterocycles. The van der Waals surface area contributed by atoms with Crippen LogP contribution in [0.2, 0.25) is 0 Å². The minimum absolute atomic E-state index is 0.305. The van der Waals surface area contributed by atoms with Crippen molar-refractivity contribution < 1.29 is 9.63 Å². The summed E-state index contributed by atoms with van der Waals surface area (Å²) < 4.78 is 5.25. The zero-order chi connectivity index (χ0) is 17.6. The first kappa shape index (κ1) is 16.0. The topological polar surface area (TPSA) is 75.3 Å². The fourth-order valence-electron chi connectivity index (χ4n) is 3.74. The second-order valence-corrected chi connectivity index (χ2v) is 6.75. The van der Waals surface area contributed by atoms with E-state index in [1.54, 1.807) is 6.92 Å². The Balaban J connectivity index is 1.79. The van der Waals surface area contributed by atoms with Crippen molar-refractivity contribution in [2.45, 2.75) is 39.2 Å². The third-order valence-electron chi connectivity index (χ3n) is 5.03. The SMILES string of the molecule is CCc1nc2ccccc2c(N2CC[C@](O)(c3nc(C)no3)C2)c1C. The molecular formula is C19H22N4O2. The molecular weight excluding hydrogens is 316 g/mol. The first-order chi connectivity index (χ1) is 12.0. The van der Waals surface area contributed by atoms with Crippen molar-refractivity contribution >= 4 is 16.6 Å². The molecule has 6 heteroatoms. The number of β-amino-alcohol motifs (C(OH)–C–C–N with tert-alkyl or cyclic N) is 1. The largest absolute Gasteiger partial charge is 0.378 e. The first-order valence-electron chi connectivity index (χ1n) is 8.68. The van der Waals surface area contributed by atoms with Gasteiger partial charge in [-0.2, -0.15) is 4.98 Å². The van der Waals surface area contributed by atoms with E-state index in [0.717, 1.165) is 35.2 Å². The molecule has 6 nitrogen and oxygen atoms in total. The van der Waals surface area contributed by atoms with Crippen molar-refractivity contribution in [2.24, 2.45) is 0 Å². The standard InChI is InChI=1S/C19H22N4O2/c1-4-15-12(2)17(14-7-5-6-8-16(14)21-15)23-10-9-19(24,11-23)18-20-13(3)22-25-18/h5-8,24H,4,9-11H2,1-3H3/t19-/m1/s1. The van der Waals surface area contributed by atoms with E-state index in [2.05, 4.69) is 35.0 Å². The molecule has 1 atom stereocenters. The molecule has 1 aliphatic heterocycles. The van der Waals surface area contributed by atoms with Crippen LogP contribution in [0.5, 0.6) is 0 Å². The van der Waals surface area contributed by atoms with Gasteiger partial charge in [0, 0.05) is 24.0 Å². The molecule has 0 spiro atoms. The lowest BCUT2D eigenvalue weighted by atomic mass is 10.0. The normalized spacial score (nSPS) is 20.6. The second kappa shape index (κ2) is 5.81. The molecule has 2 aromatic heterocycles. The van der Waals surface area contributed by atoms with Crippen LogP contribution >= 0.6 is 0 Å². The van der Waals surface area contributed by atoms with Gasteiger partial charge in [0.2, 0.25) is 0 Å². The van der Waals surface area contributed by atoms with Crippen LogP contribution in [0.3, 0.4) is 0 Å². The van der Waals surface area contributed by atoms with Gasteiger partial charge in [-0.05, 0) is 31.9 Å². The van der Waals surface area contributed by atoms with Crippen LogP contribution < -0.4 is 4.90 Å². The number of pyridine rings is 1. The van der Waals surface area contributed by atoms with E-state index in [9.17, 15) is 5.11 Å². The molecule has 1 aliphatic rings. The smallest absolute Gasteiger partial charge is 0.260 e. The minimum atomic E-state index is -1.11. The Morgan fingerprint density at radius 1 is 1.24 bits per heavy atom. The predicted octanol–water partition coefficient (Wildman–Crippen LogP) is 2.89. The maximum absolute atomic E-state index is 11.0. The number of aliphatic hydroxyl groups is 1. The van der Waals surface area contributed by atoms with Gasteiger partial charge in [0.1, 0.15) is 0 Å². The van der Waals surface area contributed by atoms with Crippen molar-refractivity contribution in [3.63, 3.8) is 0 Å². The Morgan fingerprint density at radius 2 is 2.04 bits per heavy atom. The van der Waals surface area contributed by atoms with Crippen LogP contribution in [0, 0.1) is 13.8 Å². The molecule has 3 aromatic rings. The maximum Gasteiger partial charge on any atom is 0.260 e. The number of fused-ring (bicyclic) bond motifs is 1. The minimum Gasteiger partial charge on any atom is -0.378 e. The summed E-state index contributed by atoms with van der Waals surface area (Å²) in [7, 11) is 0. The fraction of sp³-hybridized carbons (Fsp3) is 0.421. The van der Waals surface area contributed by atoms with Crippen molar-refractivity contribution in [2.75, 3.05) is 18.0 Å². The highest BCUT2D eigenvalue weighted by Gasteiger charge is 2.43. The quantitative estimate of drug-likeness (QED) is 0.791. The molecule has 1 aromatic carbocycles. The Bertz CT molecular complexity index is 936. The monoisotopic (exact) mass is 338 g/mol. The van der Waals surface area contributed by atoms with Gasteiger partial charge in [-0.1, -0.05) is 30.3 Å². The molecule has 1 saturated heterocycles. The van der Waals surface area contributed by atoms with Crippen molar-refractivity contribution in [3.8, 4) is 0 Å². The summed E-state index contributed by atoms with van der Waals surface area (Å²) in [6.45, 7) is 7.16. The lowest BCUT2D eigenvalue weighted by Gasteiger charge is -2.25. The van der Waals surface area contributed by atoms with Gasteiger partial charge in [0.15, 0.2) is 11.4 Å². The molecule has 0 bridgehead atoms. The Morgan fingerprint density at radius 3 is 2.76 bits per heavy atom. The summed E-state index contributed by atoms with van der Waals surface area (Å²) in [6, 6.07) is 8.18. The lowest BCUT2D eigenvalue weighted by Crippen LogP contribution is -2.31. The third kappa shape index (κ3) is 2.57. The number of hydrogen-bond donors (Lipinski definition) is 1. The highest BCUT2D eigenvalue weighted by molar-refractivity contribution is 5.94. The van der Waals surface area contributed by atoms with E-state index in [0.29, 0.717) is 24.7 Å². The summed E-state index contributed by atoms with van der Waals surface area (Å²) in [5.74, 6) is 0.847. The van der Waals surface area contributed by atoms with E-state index in [1.165, 1.54) is 5.56 Å². The highest BCUT2D eigenvalue weighted by Crippen LogP contribution is 2.39. The molecule has 0 radical (unpaired) electrons. The van der Waals surface area contributed by atoms with E-state index in [-0.39, 0.29) is 0 Å². The average Bonchev–Trinajstić information content (AvgIpc) is 3.21. The van der Waals surface area contributed by atoms with Gasteiger partial charge in [-0.3, -0.25) is 4.98 Å². The van der Waals surface area contributed by atoms with Crippen LogP contribution in [0.15, 0.2) is 28.8 Å². The van der Waals surface area contributed by atoms with E-state index in [4.69, 9.17) is 9.51 Å². The number of aryl methyl sites for hydroxylation is 2. The van der Waals surface area contributed by atoms with Crippen LogP contribution in [-0.4, -0.2) is 33.3 Å². The van der Waals surface area contributed by atoms with Gasteiger partial charge >= 0.3 is 0 Å². The summed E-state index contributed by atoms with van der Waals surface area (Å²) in [5, 5.41) is 16.0. The number of nitrogens with zero attached hydrogens (tertiary/aromatic N) is 4. The molecule has 0 saturated carbocycles. The predicted molar refractivity (Wildman–Crippen MR) is 95.6 cm³/mol. The van der Waals surface area contributed by atoms with Gasteiger partial charge in [0.25, 0.3) is 5.89 Å². The number of para-hydroxylation sites is 1. The lowest BCUT2D eigenvalue weighted by molar-refractivity contribution is 0.0260. The number of anilines is 1. The molecule has 1 fully saturated rings. The molecule has 0 amide bonds. The Kier molecular flexibility index (Phi) is 3.72. The van der Waals surface area contributed by atoms with Gasteiger partial charge in [-0.15, -0.1) is 0 Å². The summed E-state index contributed by atoms with van der Waals surface area (Å²) in [6.07, 6.45) is 1.44. The second-order valence-electron chi connectivity index (χ2n) is 6.75. The number of aromatic nitrogens is 3. The summed E-state index contributed by atoms with van der Waals surface area (Å²) in [4.78, 5) is 11.3. The molecule has 0 aliphatic carbocycles. The molecule has 130 valence electrons.